The van der Waals surface area contributed by atoms with Crippen LogP contribution < -0.4 is 11.1 Å². The Bertz CT molecular complexity index is 417. The fourth-order valence-electron chi connectivity index (χ4n) is 1.29. The lowest BCUT2D eigenvalue weighted by Gasteiger charge is -2.37. The number of anilines is 2. The van der Waals surface area contributed by atoms with Crippen molar-refractivity contribution < 1.29 is 4.43 Å². The minimum absolute atomic E-state index is 0.159. The second-order valence-corrected chi connectivity index (χ2v) is 11.3. The van der Waals surface area contributed by atoms with Crippen molar-refractivity contribution in [1.29, 1.82) is 0 Å². The van der Waals surface area contributed by atoms with E-state index in [0.29, 0.717) is 18.1 Å². The van der Waals surface area contributed by atoms with Crippen molar-refractivity contribution >= 4 is 19.8 Å². The maximum atomic E-state index is 6.16. The Morgan fingerprint density at radius 3 is 2.58 bits per heavy atom. The number of aromatic nitrogens is 2. The van der Waals surface area contributed by atoms with Gasteiger partial charge >= 0.3 is 0 Å². The molecule has 0 aliphatic rings. The highest BCUT2D eigenvalue weighted by atomic mass is 28.4. The Morgan fingerprint density at radius 1 is 1.42 bits per heavy atom. The van der Waals surface area contributed by atoms with Gasteiger partial charge in [-0.15, -0.1) is 0 Å². The second-order valence-electron chi connectivity index (χ2n) is 6.44. The summed E-state index contributed by atoms with van der Waals surface area (Å²) in [6.45, 7) is 13.9. The van der Waals surface area contributed by atoms with Crippen LogP contribution in [-0.4, -0.2) is 30.9 Å². The van der Waals surface area contributed by atoms with Gasteiger partial charge in [0.2, 0.25) is 0 Å². The van der Waals surface area contributed by atoms with Gasteiger partial charge in [-0.25, -0.2) is 9.97 Å². The predicted molar refractivity (Wildman–Crippen MR) is 82.7 cm³/mol. The molecular weight excluding hydrogens is 256 g/mol. The van der Waals surface area contributed by atoms with Crippen molar-refractivity contribution in [3.8, 4) is 0 Å². The van der Waals surface area contributed by atoms with Crippen LogP contribution >= 0.6 is 0 Å². The number of hydrogen-bond donors (Lipinski definition) is 2. The molecule has 0 amide bonds. The van der Waals surface area contributed by atoms with Gasteiger partial charge in [0.15, 0.2) is 14.1 Å². The number of hydrogen-bond acceptors (Lipinski definition) is 5. The summed E-state index contributed by atoms with van der Waals surface area (Å²) in [6.07, 6.45) is 3.08. The van der Waals surface area contributed by atoms with Crippen LogP contribution in [0.4, 0.5) is 11.5 Å². The first kappa shape index (κ1) is 15.9. The summed E-state index contributed by atoms with van der Waals surface area (Å²) in [5.41, 5.74) is 6.36. The summed E-state index contributed by atoms with van der Waals surface area (Å²) in [5, 5.41) is 3.48. The van der Waals surface area contributed by atoms with Crippen LogP contribution in [0.25, 0.3) is 0 Å². The number of nitrogens with one attached hydrogen (secondary N) is 1. The highest BCUT2D eigenvalue weighted by Crippen LogP contribution is 2.36. The average molecular weight is 282 g/mol. The molecule has 0 saturated heterocycles. The molecule has 0 fully saturated rings. The van der Waals surface area contributed by atoms with Crippen LogP contribution in [0.3, 0.4) is 0 Å². The number of nitrogens with two attached hydrogens (primary N) is 1. The molecule has 0 bridgehead atoms. The van der Waals surface area contributed by atoms with Crippen molar-refractivity contribution in [2.24, 2.45) is 0 Å². The summed E-state index contributed by atoms with van der Waals surface area (Å²) in [6, 6.07) is 0.159. The molecule has 3 N–H and O–H groups in total. The number of rotatable bonds is 5. The van der Waals surface area contributed by atoms with E-state index in [9.17, 15) is 0 Å². The molecule has 6 heteroatoms. The topological polar surface area (TPSA) is 73.1 Å². The van der Waals surface area contributed by atoms with Crippen LogP contribution in [-0.2, 0) is 4.43 Å². The first-order chi connectivity index (χ1) is 8.63. The van der Waals surface area contributed by atoms with E-state index in [-0.39, 0.29) is 11.1 Å². The van der Waals surface area contributed by atoms with Crippen LogP contribution in [0.1, 0.15) is 27.7 Å². The summed E-state index contributed by atoms with van der Waals surface area (Å²) < 4.78 is 6.16. The fourth-order valence-corrected chi connectivity index (χ4v) is 2.39. The standard InChI is InChI=1S/C13H26N4OSi/c1-10(8-18-19(5,6)13(2,3)4)17-12-11(14)7-15-9-16-12/h7,9-10H,8,14H2,1-6H3,(H,15,16,17)/t10-/m0/s1. The lowest BCUT2D eigenvalue weighted by molar-refractivity contribution is 0.276. The Labute approximate surface area is 117 Å². The minimum Gasteiger partial charge on any atom is -0.415 e. The van der Waals surface area contributed by atoms with Gasteiger partial charge in [0.05, 0.1) is 18.5 Å². The zero-order chi connectivity index (χ0) is 14.7. The molecule has 0 aromatic carbocycles. The van der Waals surface area contributed by atoms with E-state index in [0.717, 1.165) is 0 Å². The monoisotopic (exact) mass is 282 g/mol. The summed E-state index contributed by atoms with van der Waals surface area (Å²) in [7, 11) is -1.70. The predicted octanol–water partition coefficient (Wildman–Crippen LogP) is 2.88. The highest BCUT2D eigenvalue weighted by Gasteiger charge is 2.37. The van der Waals surface area contributed by atoms with Crippen molar-refractivity contribution in [3.05, 3.63) is 12.5 Å². The van der Waals surface area contributed by atoms with Crippen LogP contribution in [0.5, 0.6) is 0 Å². The largest absolute Gasteiger partial charge is 0.415 e. The average Bonchev–Trinajstić information content (AvgIpc) is 2.28. The fraction of sp³-hybridized carbons (Fsp3) is 0.692. The van der Waals surface area contributed by atoms with E-state index in [1.54, 1.807) is 6.20 Å². The van der Waals surface area contributed by atoms with Crippen LogP contribution in [0.2, 0.25) is 18.1 Å². The van der Waals surface area contributed by atoms with Crippen molar-refractivity contribution in [2.75, 3.05) is 17.7 Å². The van der Waals surface area contributed by atoms with E-state index in [2.05, 4.69) is 56.1 Å². The van der Waals surface area contributed by atoms with Gasteiger partial charge in [-0.3, -0.25) is 0 Å². The molecular formula is C13H26N4OSi. The molecule has 0 spiro atoms. The Morgan fingerprint density at radius 2 is 2.05 bits per heavy atom. The molecule has 1 rings (SSSR count). The highest BCUT2D eigenvalue weighted by molar-refractivity contribution is 6.74. The third-order valence-electron chi connectivity index (χ3n) is 3.62. The zero-order valence-electron chi connectivity index (χ0n) is 12.8. The Balaban J connectivity index is 2.53. The van der Waals surface area contributed by atoms with Crippen LogP contribution in [0, 0.1) is 0 Å². The normalized spacial score (nSPS) is 14.2. The molecule has 1 aromatic heterocycles. The molecule has 0 aliphatic carbocycles. The SMILES string of the molecule is C[C@@H](CO[Si](C)(C)C(C)(C)C)Nc1ncncc1N. The Kier molecular flexibility index (Phi) is 4.92. The summed E-state index contributed by atoms with van der Waals surface area (Å²) in [5.74, 6) is 0.668. The van der Waals surface area contributed by atoms with Gasteiger partial charge in [-0.1, -0.05) is 20.8 Å². The number of nitrogen functional groups attached to an aromatic ring is 1. The maximum Gasteiger partial charge on any atom is 0.192 e. The van der Waals surface area contributed by atoms with Crippen molar-refractivity contribution in [3.63, 3.8) is 0 Å². The first-order valence-electron chi connectivity index (χ1n) is 6.59. The van der Waals surface area contributed by atoms with E-state index >= 15 is 0 Å². The maximum absolute atomic E-state index is 6.16. The van der Waals surface area contributed by atoms with Gasteiger partial charge in [0.1, 0.15) is 6.33 Å². The quantitative estimate of drug-likeness (QED) is 0.812. The molecule has 19 heavy (non-hydrogen) atoms. The molecule has 1 heterocycles. The molecule has 1 aromatic rings. The van der Waals surface area contributed by atoms with Gasteiger partial charge in [0, 0.05) is 6.04 Å². The van der Waals surface area contributed by atoms with E-state index in [1.807, 2.05) is 0 Å². The second kappa shape index (κ2) is 5.88. The third kappa shape index (κ3) is 4.47. The molecule has 5 nitrogen and oxygen atoms in total. The molecule has 0 aliphatic heterocycles. The molecule has 0 unspecified atom stereocenters. The van der Waals surface area contributed by atoms with Crippen LogP contribution in [0.15, 0.2) is 12.5 Å². The first-order valence-corrected chi connectivity index (χ1v) is 9.50. The molecule has 1 atom stereocenters. The molecule has 0 saturated carbocycles. The number of nitrogens with zero attached hydrogens (tertiary/aromatic N) is 2. The van der Waals surface area contributed by atoms with Gasteiger partial charge in [0.25, 0.3) is 0 Å². The van der Waals surface area contributed by atoms with Crippen molar-refractivity contribution in [1.82, 2.24) is 9.97 Å². The zero-order valence-corrected chi connectivity index (χ0v) is 13.8. The van der Waals surface area contributed by atoms with E-state index in [4.69, 9.17) is 10.2 Å². The Hall–Kier alpha value is -1.14. The van der Waals surface area contributed by atoms with Gasteiger partial charge in [-0.05, 0) is 25.1 Å². The summed E-state index contributed by atoms with van der Waals surface area (Å²) in [4.78, 5) is 7.99. The van der Waals surface area contributed by atoms with E-state index < -0.39 is 8.32 Å². The lowest BCUT2D eigenvalue weighted by Crippen LogP contribution is -2.43. The van der Waals surface area contributed by atoms with Gasteiger partial charge < -0.3 is 15.5 Å². The van der Waals surface area contributed by atoms with Crippen molar-refractivity contribution in [2.45, 2.75) is 51.9 Å². The summed E-state index contributed by atoms with van der Waals surface area (Å²) >= 11 is 0. The minimum atomic E-state index is -1.70. The van der Waals surface area contributed by atoms with E-state index in [1.165, 1.54) is 6.33 Å². The van der Waals surface area contributed by atoms with Gasteiger partial charge in [-0.2, -0.15) is 0 Å². The third-order valence-corrected chi connectivity index (χ3v) is 8.12. The molecule has 108 valence electrons. The smallest absolute Gasteiger partial charge is 0.192 e. The molecule has 0 radical (unpaired) electrons. The lowest BCUT2D eigenvalue weighted by atomic mass is 10.2.